The summed E-state index contributed by atoms with van der Waals surface area (Å²) in [4.78, 5) is 11.6. The predicted octanol–water partition coefficient (Wildman–Crippen LogP) is 2.55. The minimum atomic E-state index is 0.0675. The van der Waals surface area contributed by atoms with Gasteiger partial charge in [-0.2, -0.15) is 0 Å². The maximum atomic E-state index is 11.6. The Kier molecular flexibility index (Phi) is 5.55. The molecule has 1 aromatic rings. The maximum Gasteiger partial charge on any atom is 0.220 e. The molecule has 106 valence electrons. The van der Waals surface area contributed by atoms with E-state index in [1.807, 2.05) is 6.92 Å². The highest BCUT2D eigenvalue weighted by molar-refractivity contribution is 5.76. The third-order valence-electron chi connectivity index (χ3n) is 3.34. The van der Waals surface area contributed by atoms with E-state index < -0.39 is 0 Å². The fourth-order valence-electron chi connectivity index (χ4n) is 2.09. The van der Waals surface area contributed by atoms with Gasteiger partial charge in [0.25, 0.3) is 0 Å². The van der Waals surface area contributed by atoms with Crippen LogP contribution in [0.1, 0.15) is 51.2 Å². The Bertz CT molecular complexity index is 404. The Labute approximate surface area is 116 Å². The first-order chi connectivity index (χ1) is 8.88. The van der Waals surface area contributed by atoms with Crippen LogP contribution in [0.2, 0.25) is 0 Å². The number of nitrogens with one attached hydrogen (secondary N) is 1. The molecule has 3 heteroatoms. The van der Waals surface area contributed by atoms with Crippen molar-refractivity contribution in [1.82, 2.24) is 5.32 Å². The summed E-state index contributed by atoms with van der Waals surface area (Å²) in [6, 6.07) is 8.46. The maximum absolute atomic E-state index is 11.6. The van der Waals surface area contributed by atoms with E-state index in [4.69, 9.17) is 5.73 Å². The van der Waals surface area contributed by atoms with Crippen molar-refractivity contribution >= 4 is 5.91 Å². The van der Waals surface area contributed by atoms with Crippen LogP contribution < -0.4 is 11.1 Å². The molecule has 1 unspecified atom stereocenters. The van der Waals surface area contributed by atoms with Crippen molar-refractivity contribution in [3.05, 3.63) is 35.4 Å². The van der Waals surface area contributed by atoms with Crippen molar-refractivity contribution in [3.8, 4) is 0 Å². The van der Waals surface area contributed by atoms with Crippen LogP contribution in [-0.4, -0.2) is 19.0 Å². The molecule has 0 aliphatic rings. The molecule has 0 aromatic heterocycles. The lowest BCUT2D eigenvalue weighted by atomic mass is 9.85. The standard InChI is InChI=1S/C16H26N2O/c1-5-18-15(19)10-13(11-17)12-6-8-14(9-7-12)16(2,3)4/h6-9,13H,5,10-11,17H2,1-4H3,(H,18,19). The van der Waals surface area contributed by atoms with E-state index in [2.05, 4.69) is 50.4 Å². The van der Waals surface area contributed by atoms with Gasteiger partial charge in [-0.3, -0.25) is 4.79 Å². The van der Waals surface area contributed by atoms with Crippen molar-refractivity contribution in [2.45, 2.75) is 45.4 Å². The van der Waals surface area contributed by atoms with Crippen molar-refractivity contribution in [2.75, 3.05) is 13.1 Å². The third kappa shape index (κ3) is 4.67. The van der Waals surface area contributed by atoms with Crippen LogP contribution in [0.5, 0.6) is 0 Å². The van der Waals surface area contributed by atoms with Crippen LogP contribution in [0.3, 0.4) is 0 Å². The first-order valence-electron chi connectivity index (χ1n) is 6.95. The molecule has 1 rings (SSSR count). The molecular weight excluding hydrogens is 236 g/mol. The molecule has 0 fully saturated rings. The van der Waals surface area contributed by atoms with Gasteiger partial charge >= 0.3 is 0 Å². The number of benzene rings is 1. The summed E-state index contributed by atoms with van der Waals surface area (Å²) >= 11 is 0. The molecule has 19 heavy (non-hydrogen) atoms. The quantitative estimate of drug-likeness (QED) is 0.857. The van der Waals surface area contributed by atoms with Gasteiger partial charge in [0, 0.05) is 18.9 Å². The zero-order chi connectivity index (χ0) is 14.5. The van der Waals surface area contributed by atoms with Crippen LogP contribution in [-0.2, 0) is 10.2 Å². The molecule has 0 saturated carbocycles. The lowest BCUT2D eigenvalue weighted by molar-refractivity contribution is -0.121. The number of carbonyl (C=O) groups is 1. The highest BCUT2D eigenvalue weighted by Crippen LogP contribution is 2.25. The van der Waals surface area contributed by atoms with Gasteiger partial charge in [0.05, 0.1) is 0 Å². The lowest BCUT2D eigenvalue weighted by Crippen LogP contribution is -2.27. The summed E-state index contributed by atoms with van der Waals surface area (Å²) in [5, 5.41) is 2.82. The number of hydrogen-bond acceptors (Lipinski definition) is 2. The molecule has 0 saturated heterocycles. The Morgan fingerprint density at radius 2 is 1.84 bits per heavy atom. The second kappa shape index (κ2) is 6.71. The van der Waals surface area contributed by atoms with Crippen LogP contribution >= 0.6 is 0 Å². The first-order valence-corrected chi connectivity index (χ1v) is 6.95. The highest BCUT2D eigenvalue weighted by atomic mass is 16.1. The topological polar surface area (TPSA) is 55.1 Å². The van der Waals surface area contributed by atoms with E-state index in [0.29, 0.717) is 19.5 Å². The Balaban J connectivity index is 2.79. The van der Waals surface area contributed by atoms with E-state index in [-0.39, 0.29) is 17.2 Å². The van der Waals surface area contributed by atoms with Crippen molar-refractivity contribution in [1.29, 1.82) is 0 Å². The monoisotopic (exact) mass is 262 g/mol. The summed E-state index contributed by atoms with van der Waals surface area (Å²) in [6.07, 6.45) is 0.458. The minimum Gasteiger partial charge on any atom is -0.356 e. The number of nitrogens with two attached hydrogens (primary N) is 1. The van der Waals surface area contributed by atoms with Crippen LogP contribution in [0.4, 0.5) is 0 Å². The van der Waals surface area contributed by atoms with Gasteiger partial charge in [-0.25, -0.2) is 0 Å². The van der Waals surface area contributed by atoms with Gasteiger partial charge in [-0.15, -0.1) is 0 Å². The van der Waals surface area contributed by atoms with Gasteiger partial charge < -0.3 is 11.1 Å². The van der Waals surface area contributed by atoms with Crippen molar-refractivity contribution < 1.29 is 4.79 Å². The van der Waals surface area contributed by atoms with E-state index in [9.17, 15) is 4.79 Å². The second-order valence-corrected chi connectivity index (χ2v) is 5.96. The van der Waals surface area contributed by atoms with Gasteiger partial charge in [0.2, 0.25) is 5.91 Å². The number of rotatable bonds is 5. The zero-order valence-electron chi connectivity index (χ0n) is 12.5. The van der Waals surface area contributed by atoms with Gasteiger partial charge in [-0.1, -0.05) is 45.0 Å². The molecule has 0 aliphatic heterocycles. The molecule has 1 atom stereocenters. The minimum absolute atomic E-state index is 0.0675. The normalized spacial score (nSPS) is 13.1. The van der Waals surface area contributed by atoms with Gasteiger partial charge in [0.1, 0.15) is 0 Å². The SMILES string of the molecule is CCNC(=O)CC(CN)c1ccc(C(C)(C)C)cc1. The molecule has 0 radical (unpaired) electrons. The molecule has 0 spiro atoms. The molecule has 1 aromatic carbocycles. The van der Waals surface area contributed by atoms with Gasteiger partial charge in [0.15, 0.2) is 0 Å². The van der Waals surface area contributed by atoms with Crippen LogP contribution in [0.25, 0.3) is 0 Å². The smallest absolute Gasteiger partial charge is 0.220 e. The van der Waals surface area contributed by atoms with Crippen LogP contribution in [0.15, 0.2) is 24.3 Å². The lowest BCUT2D eigenvalue weighted by Gasteiger charge is -2.21. The van der Waals surface area contributed by atoms with Crippen molar-refractivity contribution in [3.63, 3.8) is 0 Å². The zero-order valence-corrected chi connectivity index (χ0v) is 12.5. The largest absolute Gasteiger partial charge is 0.356 e. The fourth-order valence-corrected chi connectivity index (χ4v) is 2.09. The summed E-state index contributed by atoms with van der Waals surface area (Å²) in [6.45, 7) is 9.66. The van der Waals surface area contributed by atoms with E-state index in [0.717, 1.165) is 5.56 Å². The first kappa shape index (κ1) is 15.7. The highest BCUT2D eigenvalue weighted by Gasteiger charge is 2.17. The molecular formula is C16H26N2O. The summed E-state index contributed by atoms with van der Waals surface area (Å²) in [7, 11) is 0. The predicted molar refractivity (Wildman–Crippen MR) is 80.2 cm³/mol. The molecule has 0 heterocycles. The van der Waals surface area contributed by atoms with E-state index >= 15 is 0 Å². The van der Waals surface area contributed by atoms with Gasteiger partial charge in [-0.05, 0) is 30.0 Å². The average molecular weight is 262 g/mol. The van der Waals surface area contributed by atoms with Crippen molar-refractivity contribution in [2.24, 2.45) is 5.73 Å². The Hall–Kier alpha value is -1.35. The van der Waals surface area contributed by atoms with E-state index in [1.54, 1.807) is 0 Å². The Morgan fingerprint density at radius 1 is 1.26 bits per heavy atom. The second-order valence-electron chi connectivity index (χ2n) is 5.96. The number of amides is 1. The summed E-state index contributed by atoms with van der Waals surface area (Å²) < 4.78 is 0. The van der Waals surface area contributed by atoms with Crippen LogP contribution in [0, 0.1) is 0 Å². The average Bonchev–Trinajstić information content (AvgIpc) is 2.35. The molecule has 3 N–H and O–H groups in total. The summed E-state index contributed by atoms with van der Waals surface area (Å²) in [5.41, 5.74) is 8.38. The number of carbonyl (C=O) groups excluding carboxylic acids is 1. The fraction of sp³-hybridized carbons (Fsp3) is 0.562. The summed E-state index contributed by atoms with van der Waals surface area (Å²) in [5.74, 6) is 0.165. The van der Waals surface area contributed by atoms with E-state index in [1.165, 1.54) is 5.56 Å². The number of hydrogen-bond donors (Lipinski definition) is 2. The molecule has 0 bridgehead atoms. The Morgan fingerprint density at radius 3 is 2.26 bits per heavy atom. The molecule has 0 aliphatic carbocycles. The molecule has 3 nitrogen and oxygen atoms in total. The molecule has 1 amide bonds. The third-order valence-corrected chi connectivity index (χ3v) is 3.34.